The number of hydrogen-bond acceptors (Lipinski definition) is 4. The van der Waals surface area contributed by atoms with Crippen LogP contribution in [0.2, 0.25) is 0 Å². The molecule has 23 heavy (non-hydrogen) atoms. The minimum Gasteiger partial charge on any atom is -0.450 e. The van der Waals surface area contributed by atoms with Gasteiger partial charge in [0.1, 0.15) is 0 Å². The van der Waals surface area contributed by atoms with Gasteiger partial charge < -0.3 is 9.30 Å². The summed E-state index contributed by atoms with van der Waals surface area (Å²) in [6.45, 7) is 5.79. The topological polar surface area (TPSA) is 60.2 Å². The maximum absolute atomic E-state index is 11.8. The molecule has 0 atom stereocenters. The van der Waals surface area contributed by atoms with E-state index in [-0.39, 0.29) is 6.09 Å². The zero-order chi connectivity index (χ0) is 16.2. The minimum atomic E-state index is -0.311. The molecule has 1 aliphatic heterocycles. The van der Waals surface area contributed by atoms with E-state index in [0.29, 0.717) is 32.1 Å². The van der Waals surface area contributed by atoms with E-state index in [1.807, 2.05) is 35.8 Å². The Morgan fingerprint density at radius 2 is 2.09 bits per heavy atom. The zero-order valence-corrected chi connectivity index (χ0v) is 13.2. The highest BCUT2D eigenvalue weighted by Crippen LogP contribution is 2.13. The van der Waals surface area contributed by atoms with Crippen molar-refractivity contribution in [3.63, 3.8) is 0 Å². The Labute approximate surface area is 135 Å². The summed E-state index contributed by atoms with van der Waals surface area (Å²) in [5.41, 5.74) is 2.11. The Bertz CT molecular complexity index is 785. The van der Waals surface area contributed by atoms with Gasteiger partial charge in [-0.25, -0.2) is 4.79 Å². The first-order chi connectivity index (χ1) is 11.2. The first kappa shape index (κ1) is 15.1. The van der Waals surface area contributed by atoms with Gasteiger partial charge in [-0.1, -0.05) is 24.1 Å². The Hall–Kier alpha value is -2.81. The maximum Gasteiger partial charge on any atom is 0.410 e. The van der Waals surface area contributed by atoms with Crippen molar-refractivity contribution in [2.24, 2.45) is 0 Å². The third kappa shape index (κ3) is 3.19. The van der Waals surface area contributed by atoms with Gasteiger partial charge in [0.05, 0.1) is 13.2 Å². The van der Waals surface area contributed by atoms with Gasteiger partial charge in [-0.05, 0) is 31.4 Å². The van der Waals surface area contributed by atoms with Crippen molar-refractivity contribution in [2.45, 2.75) is 26.9 Å². The Morgan fingerprint density at radius 3 is 2.87 bits per heavy atom. The van der Waals surface area contributed by atoms with E-state index in [4.69, 9.17) is 4.74 Å². The number of hydrogen-bond donors (Lipinski definition) is 0. The molecule has 1 aromatic heterocycles. The molecule has 6 heteroatoms. The van der Waals surface area contributed by atoms with Crippen LogP contribution in [-0.2, 0) is 17.8 Å². The summed E-state index contributed by atoms with van der Waals surface area (Å²) < 4.78 is 6.98. The Morgan fingerprint density at radius 1 is 1.26 bits per heavy atom. The molecule has 2 heterocycles. The van der Waals surface area contributed by atoms with Crippen LogP contribution >= 0.6 is 0 Å². The standard InChI is InChI=1S/C17H18N4O2/c1-3-23-17(22)20-10-11-21-15(18-19-16(21)12-20)9-8-14-7-5-4-6-13(14)2/h4-7H,3,10-12H2,1-2H3. The molecule has 2 aromatic rings. The number of amides is 1. The number of carbonyl (C=O) groups excluding carboxylic acids is 1. The lowest BCUT2D eigenvalue weighted by molar-refractivity contribution is 0.0962. The van der Waals surface area contributed by atoms with Crippen molar-refractivity contribution in [1.29, 1.82) is 0 Å². The molecule has 0 radical (unpaired) electrons. The maximum atomic E-state index is 11.8. The van der Waals surface area contributed by atoms with Crippen LogP contribution in [0.15, 0.2) is 24.3 Å². The van der Waals surface area contributed by atoms with E-state index >= 15 is 0 Å². The summed E-state index contributed by atoms with van der Waals surface area (Å²) in [6.07, 6.45) is -0.311. The van der Waals surface area contributed by atoms with Crippen molar-refractivity contribution in [3.8, 4) is 11.8 Å². The Kier molecular flexibility index (Phi) is 4.29. The smallest absolute Gasteiger partial charge is 0.410 e. The van der Waals surface area contributed by atoms with Crippen molar-refractivity contribution in [3.05, 3.63) is 47.0 Å². The van der Waals surface area contributed by atoms with E-state index in [1.165, 1.54) is 0 Å². The molecule has 0 fully saturated rings. The van der Waals surface area contributed by atoms with Gasteiger partial charge >= 0.3 is 6.09 Å². The molecule has 0 unspecified atom stereocenters. The van der Waals surface area contributed by atoms with Crippen LogP contribution in [0.5, 0.6) is 0 Å². The molecule has 6 nitrogen and oxygen atoms in total. The van der Waals surface area contributed by atoms with E-state index in [9.17, 15) is 4.79 Å². The molecule has 0 spiro atoms. The van der Waals surface area contributed by atoms with Crippen molar-refractivity contribution < 1.29 is 9.53 Å². The number of carbonyl (C=O) groups is 1. The number of aryl methyl sites for hydroxylation is 1. The number of fused-ring (bicyclic) bond motifs is 1. The summed E-state index contributed by atoms with van der Waals surface area (Å²) in [6, 6.07) is 7.97. The predicted octanol–water partition coefficient (Wildman–Crippen LogP) is 1.96. The lowest BCUT2D eigenvalue weighted by Crippen LogP contribution is -2.39. The summed E-state index contributed by atoms with van der Waals surface area (Å²) in [5, 5.41) is 8.29. The molecule has 118 valence electrons. The summed E-state index contributed by atoms with van der Waals surface area (Å²) in [5.74, 6) is 7.59. The van der Waals surface area contributed by atoms with E-state index in [0.717, 1.165) is 17.0 Å². The van der Waals surface area contributed by atoms with Gasteiger partial charge in [0.2, 0.25) is 5.82 Å². The summed E-state index contributed by atoms with van der Waals surface area (Å²) in [7, 11) is 0. The molecular weight excluding hydrogens is 292 g/mol. The van der Waals surface area contributed by atoms with Crippen molar-refractivity contribution in [1.82, 2.24) is 19.7 Å². The second-order valence-corrected chi connectivity index (χ2v) is 5.28. The first-order valence-corrected chi connectivity index (χ1v) is 7.60. The van der Waals surface area contributed by atoms with Crippen LogP contribution in [0.4, 0.5) is 4.79 Å². The average molecular weight is 310 g/mol. The van der Waals surface area contributed by atoms with Gasteiger partial charge in [-0.3, -0.25) is 4.90 Å². The Balaban J connectivity index is 1.79. The van der Waals surface area contributed by atoms with Crippen LogP contribution in [0.25, 0.3) is 0 Å². The third-order valence-corrected chi connectivity index (χ3v) is 3.73. The van der Waals surface area contributed by atoms with Crippen LogP contribution < -0.4 is 0 Å². The van der Waals surface area contributed by atoms with Crippen LogP contribution in [0, 0.1) is 18.8 Å². The normalized spacial score (nSPS) is 13.0. The van der Waals surface area contributed by atoms with Gasteiger partial charge in [0.25, 0.3) is 0 Å². The van der Waals surface area contributed by atoms with Crippen molar-refractivity contribution in [2.75, 3.05) is 13.2 Å². The second kappa shape index (κ2) is 6.53. The number of rotatable bonds is 1. The van der Waals surface area contributed by atoms with Crippen LogP contribution in [-0.4, -0.2) is 38.9 Å². The SMILES string of the molecule is CCOC(=O)N1CCn2c(C#Cc3ccccc3C)nnc2C1. The third-order valence-electron chi connectivity index (χ3n) is 3.73. The number of aromatic nitrogens is 3. The highest BCUT2D eigenvalue weighted by Gasteiger charge is 2.24. The molecule has 0 aliphatic carbocycles. The summed E-state index contributed by atoms with van der Waals surface area (Å²) in [4.78, 5) is 13.4. The van der Waals surface area contributed by atoms with Crippen molar-refractivity contribution >= 4 is 6.09 Å². The zero-order valence-electron chi connectivity index (χ0n) is 13.2. The molecule has 0 bridgehead atoms. The molecule has 1 aromatic carbocycles. The lowest BCUT2D eigenvalue weighted by Gasteiger charge is -2.26. The van der Waals surface area contributed by atoms with E-state index < -0.39 is 0 Å². The highest BCUT2D eigenvalue weighted by atomic mass is 16.6. The molecule has 1 aliphatic rings. The number of benzene rings is 1. The average Bonchev–Trinajstić information content (AvgIpc) is 2.96. The molecule has 0 saturated heterocycles. The van der Waals surface area contributed by atoms with Gasteiger partial charge in [0.15, 0.2) is 5.82 Å². The number of ether oxygens (including phenoxy) is 1. The van der Waals surface area contributed by atoms with E-state index in [1.54, 1.807) is 11.8 Å². The molecule has 0 saturated carbocycles. The van der Waals surface area contributed by atoms with Crippen LogP contribution in [0.3, 0.4) is 0 Å². The van der Waals surface area contributed by atoms with E-state index in [2.05, 4.69) is 22.0 Å². The fourth-order valence-electron chi connectivity index (χ4n) is 2.46. The predicted molar refractivity (Wildman–Crippen MR) is 84.6 cm³/mol. The monoisotopic (exact) mass is 310 g/mol. The number of nitrogens with zero attached hydrogens (tertiary/aromatic N) is 4. The highest BCUT2D eigenvalue weighted by molar-refractivity contribution is 5.67. The minimum absolute atomic E-state index is 0.311. The summed E-state index contributed by atoms with van der Waals surface area (Å²) >= 11 is 0. The quantitative estimate of drug-likeness (QED) is 0.756. The molecule has 3 rings (SSSR count). The first-order valence-electron chi connectivity index (χ1n) is 7.60. The lowest BCUT2D eigenvalue weighted by atomic mass is 10.1. The van der Waals surface area contributed by atoms with Crippen LogP contribution in [0.1, 0.15) is 29.7 Å². The molecule has 1 amide bonds. The van der Waals surface area contributed by atoms with Gasteiger partial charge in [0, 0.05) is 18.7 Å². The molecular formula is C17H18N4O2. The van der Waals surface area contributed by atoms with Gasteiger partial charge in [-0.15, -0.1) is 10.2 Å². The fourth-order valence-corrected chi connectivity index (χ4v) is 2.46. The second-order valence-electron chi connectivity index (χ2n) is 5.28. The largest absolute Gasteiger partial charge is 0.450 e. The molecule has 0 N–H and O–H groups in total. The van der Waals surface area contributed by atoms with Gasteiger partial charge in [-0.2, -0.15) is 0 Å². The fraction of sp³-hybridized carbons (Fsp3) is 0.353.